The van der Waals surface area contributed by atoms with Gasteiger partial charge in [0.1, 0.15) is 0 Å². The Labute approximate surface area is 102 Å². The van der Waals surface area contributed by atoms with Gasteiger partial charge in [-0.3, -0.25) is 4.79 Å². The van der Waals surface area contributed by atoms with Crippen LogP contribution in [0.15, 0.2) is 29.4 Å². The van der Waals surface area contributed by atoms with Crippen molar-refractivity contribution in [1.82, 2.24) is 0 Å². The van der Waals surface area contributed by atoms with Gasteiger partial charge in [-0.1, -0.05) is 28.9 Å². The number of hydrogen-bond acceptors (Lipinski definition) is 4. The number of carboxylic acid groups (broad SMARTS) is 1. The maximum Gasteiger partial charge on any atom is 0.361 e. The average Bonchev–Trinajstić information content (AvgIpc) is 2.27. The molecule has 0 aliphatic heterocycles. The summed E-state index contributed by atoms with van der Waals surface area (Å²) in [5.41, 5.74) is -0.0412. The number of aryl methyl sites for hydroxylation is 1. The molecule has 0 amide bonds. The van der Waals surface area contributed by atoms with E-state index in [0.717, 1.165) is 5.56 Å². The summed E-state index contributed by atoms with van der Waals surface area (Å²) in [6.45, 7) is 0. The minimum atomic E-state index is -1.54. The first-order valence-corrected chi connectivity index (χ1v) is 5.15. The lowest BCUT2D eigenvalue weighted by atomic mass is 10.1. The standard InChI is InChI=1S/C11H10ClNO4/c12-8-3-1-2-7(6-8)4-5-9(14)10(13-17)11(15)16/h1-3,6,17H,4-5H2,(H,15,16). The van der Waals surface area contributed by atoms with Crippen LogP contribution in [0.1, 0.15) is 12.0 Å². The Bertz CT molecular complexity index is 470. The number of rotatable bonds is 5. The zero-order valence-corrected chi connectivity index (χ0v) is 9.52. The maximum absolute atomic E-state index is 11.4. The molecule has 0 radical (unpaired) electrons. The third-order valence-electron chi connectivity index (χ3n) is 2.10. The molecular formula is C11H10ClNO4. The van der Waals surface area contributed by atoms with Gasteiger partial charge in [-0.05, 0) is 24.1 Å². The number of halogens is 1. The maximum atomic E-state index is 11.4. The summed E-state index contributed by atoms with van der Waals surface area (Å²) in [6, 6.07) is 6.90. The zero-order chi connectivity index (χ0) is 12.8. The van der Waals surface area contributed by atoms with Crippen molar-refractivity contribution in [3.8, 4) is 0 Å². The molecule has 0 saturated carbocycles. The number of carbonyl (C=O) groups is 2. The number of carboxylic acids is 1. The van der Waals surface area contributed by atoms with Gasteiger partial charge in [-0.15, -0.1) is 0 Å². The molecular weight excluding hydrogens is 246 g/mol. The van der Waals surface area contributed by atoms with Gasteiger partial charge in [-0.25, -0.2) is 4.79 Å². The second-order valence-electron chi connectivity index (χ2n) is 3.31. The van der Waals surface area contributed by atoms with Gasteiger partial charge in [0.15, 0.2) is 5.78 Å². The highest BCUT2D eigenvalue weighted by atomic mass is 35.5. The Morgan fingerprint density at radius 1 is 1.35 bits per heavy atom. The Kier molecular flexibility index (Phi) is 4.66. The first-order chi connectivity index (χ1) is 8.04. The van der Waals surface area contributed by atoms with Crippen molar-refractivity contribution in [2.24, 2.45) is 5.16 Å². The molecule has 0 unspecified atom stereocenters. The number of hydrogen-bond donors (Lipinski definition) is 2. The minimum Gasteiger partial charge on any atom is -0.476 e. The Morgan fingerprint density at radius 3 is 2.59 bits per heavy atom. The monoisotopic (exact) mass is 255 g/mol. The molecule has 0 saturated heterocycles. The summed E-state index contributed by atoms with van der Waals surface area (Å²) >= 11 is 5.76. The summed E-state index contributed by atoms with van der Waals surface area (Å²) in [5.74, 6) is -2.26. The van der Waals surface area contributed by atoms with Crippen LogP contribution in [0, 0.1) is 0 Å². The number of nitrogens with zero attached hydrogens (tertiary/aromatic N) is 1. The van der Waals surface area contributed by atoms with Crippen LogP contribution in [-0.4, -0.2) is 27.8 Å². The second kappa shape index (κ2) is 6.00. The molecule has 0 aromatic heterocycles. The van der Waals surface area contributed by atoms with Gasteiger partial charge in [0.2, 0.25) is 5.71 Å². The zero-order valence-electron chi connectivity index (χ0n) is 8.76. The smallest absolute Gasteiger partial charge is 0.361 e. The quantitative estimate of drug-likeness (QED) is 0.363. The molecule has 2 N–H and O–H groups in total. The van der Waals surface area contributed by atoms with E-state index >= 15 is 0 Å². The van der Waals surface area contributed by atoms with Crippen molar-refractivity contribution in [1.29, 1.82) is 0 Å². The van der Waals surface area contributed by atoms with Crippen LogP contribution in [0.3, 0.4) is 0 Å². The number of benzene rings is 1. The average molecular weight is 256 g/mol. The lowest BCUT2D eigenvalue weighted by Gasteiger charge is -2.01. The molecule has 0 aliphatic rings. The van der Waals surface area contributed by atoms with E-state index in [4.69, 9.17) is 21.9 Å². The summed E-state index contributed by atoms with van der Waals surface area (Å²) < 4.78 is 0. The fourth-order valence-corrected chi connectivity index (χ4v) is 1.50. The van der Waals surface area contributed by atoms with Crippen molar-refractivity contribution in [2.45, 2.75) is 12.8 Å². The molecule has 90 valence electrons. The summed E-state index contributed by atoms with van der Waals surface area (Å²) in [7, 11) is 0. The van der Waals surface area contributed by atoms with Crippen LogP contribution in [-0.2, 0) is 16.0 Å². The molecule has 17 heavy (non-hydrogen) atoms. The molecule has 0 heterocycles. The van der Waals surface area contributed by atoms with Gasteiger partial charge in [-0.2, -0.15) is 0 Å². The molecule has 5 nitrogen and oxygen atoms in total. The van der Waals surface area contributed by atoms with Crippen LogP contribution in [0.2, 0.25) is 5.02 Å². The number of oxime groups is 1. The van der Waals surface area contributed by atoms with Crippen molar-refractivity contribution < 1.29 is 19.9 Å². The fraction of sp³-hybridized carbons (Fsp3) is 0.182. The molecule has 0 bridgehead atoms. The van der Waals surface area contributed by atoms with E-state index in [1.165, 1.54) is 0 Å². The van der Waals surface area contributed by atoms with Gasteiger partial charge in [0.25, 0.3) is 0 Å². The van der Waals surface area contributed by atoms with E-state index in [-0.39, 0.29) is 6.42 Å². The lowest BCUT2D eigenvalue weighted by Crippen LogP contribution is -2.24. The summed E-state index contributed by atoms with van der Waals surface area (Å²) in [5, 5.41) is 19.9. The topological polar surface area (TPSA) is 87.0 Å². The number of aliphatic carboxylic acids is 1. The molecule has 0 aliphatic carbocycles. The van der Waals surface area contributed by atoms with E-state index in [1.54, 1.807) is 24.3 Å². The first kappa shape index (κ1) is 13.2. The van der Waals surface area contributed by atoms with Gasteiger partial charge < -0.3 is 10.3 Å². The Morgan fingerprint density at radius 2 is 2.06 bits per heavy atom. The van der Waals surface area contributed by atoms with Gasteiger partial charge in [0.05, 0.1) is 0 Å². The van der Waals surface area contributed by atoms with E-state index in [2.05, 4.69) is 5.16 Å². The highest BCUT2D eigenvalue weighted by molar-refractivity contribution is 6.63. The molecule has 1 aromatic rings. The fourth-order valence-electron chi connectivity index (χ4n) is 1.29. The van der Waals surface area contributed by atoms with Gasteiger partial charge >= 0.3 is 5.97 Å². The molecule has 1 aromatic carbocycles. The largest absolute Gasteiger partial charge is 0.476 e. The molecule has 0 spiro atoms. The van der Waals surface area contributed by atoms with Crippen molar-refractivity contribution in [3.05, 3.63) is 34.9 Å². The number of Topliss-reactive ketones (excluding diaryl/α,β-unsaturated/α-hetero) is 1. The predicted octanol–water partition coefficient (Wildman–Crippen LogP) is 1.76. The molecule has 0 atom stereocenters. The third-order valence-corrected chi connectivity index (χ3v) is 2.33. The Balaban J connectivity index is 2.63. The van der Waals surface area contributed by atoms with E-state index in [1.807, 2.05) is 0 Å². The highest BCUT2D eigenvalue weighted by Gasteiger charge is 2.19. The SMILES string of the molecule is O=C(O)C(=NO)C(=O)CCc1cccc(Cl)c1. The van der Waals surface area contributed by atoms with Crippen LogP contribution in [0.25, 0.3) is 0 Å². The van der Waals surface area contributed by atoms with E-state index in [9.17, 15) is 9.59 Å². The van der Waals surface area contributed by atoms with Crippen molar-refractivity contribution in [3.63, 3.8) is 0 Å². The lowest BCUT2D eigenvalue weighted by molar-refractivity contribution is -0.130. The normalized spacial score (nSPS) is 11.2. The first-order valence-electron chi connectivity index (χ1n) is 4.77. The minimum absolute atomic E-state index is 0.0496. The molecule has 1 rings (SSSR count). The molecule has 6 heteroatoms. The second-order valence-corrected chi connectivity index (χ2v) is 3.74. The van der Waals surface area contributed by atoms with Crippen LogP contribution < -0.4 is 0 Å². The molecule has 0 fully saturated rings. The van der Waals surface area contributed by atoms with Crippen molar-refractivity contribution >= 4 is 29.1 Å². The third kappa shape index (κ3) is 3.88. The van der Waals surface area contributed by atoms with Gasteiger partial charge in [0, 0.05) is 11.4 Å². The number of ketones is 1. The Hall–Kier alpha value is -1.88. The van der Waals surface area contributed by atoms with Crippen LogP contribution >= 0.6 is 11.6 Å². The van der Waals surface area contributed by atoms with Crippen LogP contribution in [0.4, 0.5) is 0 Å². The summed E-state index contributed by atoms with van der Waals surface area (Å²) in [4.78, 5) is 21.9. The predicted molar refractivity (Wildman–Crippen MR) is 61.6 cm³/mol. The van der Waals surface area contributed by atoms with Crippen molar-refractivity contribution in [2.75, 3.05) is 0 Å². The van der Waals surface area contributed by atoms with Crippen LogP contribution in [0.5, 0.6) is 0 Å². The summed E-state index contributed by atoms with van der Waals surface area (Å²) in [6.07, 6.45) is 0.289. The highest BCUT2D eigenvalue weighted by Crippen LogP contribution is 2.12. The van der Waals surface area contributed by atoms with E-state index in [0.29, 0.717) is 11.4 Å². The van der Waals surface area contributed by atoms with E-state index < -0.39 is 17.5 Å². The number of carbonyl (C=O) groups excluding carboxylic acids is 1.